The molecule has 0 spiro atoms. The van der Waals surface area contributed by atoms with Gasteiger partial charge in [-0.05, 0) is 40.5 Å². The van der Waals surface area contributed by atoms with Crippen LogP contribution in [-0.2, 0) is 4.79 Å². The highest BCUT2D eigenvalue weighted by atomic mass is 16.5. The standard InChI is InChI=1S/C27H27NO3/c1-31-25-15-13-23(14-16-25)26(20-28-18-6-10-21-7-3-2-4-8-21)24-11-5-9-22(19-24)12-17-27(29)30/h2-17,19,26,28H,18,20H2,1H3,(H,29,30). The van der Waals surface area contributed by atoms with Crippen LogP contribution in [0.4, 0.5) is 0 Å². The van der Waals surface area contributed by atoms with E-state index >= 15 is 0 Å². The van der Waals surface area contributed by atoms with E-state index < -0.39 is 5.97 Å². The summed E-state index contributed by atoms with van der Waals surface area (Å²) in [7, 11) is 1.66. The summed E-state index contributed by atoms with van der Waals surface area (Å²) in [5.41, 5.74) is 4.33. The molecule has 3 rings (SSSR count). The van der Waals surface area contributed by atoms with Crippen molar-refractivity contribution in [2.24, 2.45) is 0 Å². The lowest BCUT2D eigenvalue weighted by molar-refractivity contribution is -0.131. The van der Waals surface area contributed by atoms with Crippen LogP contribution in [-0.4, -0.2) is 31.3 Å². The number of aliphatic carboxylic acids is 1. The van der Waals surface area contributed by atoms with Crippen LogP contribution in [0.2, 0.25) is 0 Å². The Morgan fingerprint density at radius 3 is 2.39 bits per heavy atom. The Balaban J connectivity index is 1.75. The largest absolute Gasteiger partial charge is 0.497 e. The number of ether oxygens (including phenoxy) is 1. The number of carboxylic acids is 1. The van der Waals surface area contributed by atoms with Crippen molar-refractivity contribution in [3.63, 3.8) is 0 Å². The summed E-state index contributed by atoms with van der Waals surface area (Å²) < 4.78 is 5.29. The highest BCUT2D eigenvalue weighted by molar-refractivity contribution is 5.85. The number of nitrogens with one attached hydrogen (secondary N) is 1. The number of benzene rings is 3. The Bertz CT molecular complexity index is 1020. The van der Waals surface area contributed by atoms with Gasteiger partial charge >= 0.3 is 5.97 Å². The van der Waals surface area contributed by atoms with Crippen LogP contribution in [0.1, 0.15) is 28.2 Å². The monoisotopic (exact) mass is 413 g/mol. The summed E-state index contributed by atoms with van der Waals surface area (Å²) in [5.74, 6) is -0.0161. The minimum atomic E-state index is -0.955. The number of methoxy groups -OCH3 is 1. The molecule has 0 aromatic heterocycles. The van der Waals surface area contributed by atoms with Crippen molar-refractivity contribution in [1.82, 2.24) is 5.32 Å². The first-order valence-electron chi connectivity index (χ1n) is 10.2. The summed E-state index contributed by atoms with van der Waals surface area (Å²) in [5, 5.41) is 12.4. The molecule has 0 bridgehead atoms. The number of hydrogen-bond donors (Lipinski definition) is 2. The smallest absolute Gasteiger partial charge is 0.328 e. The van der Waals surface area contributed by atoms with Crippen molar-refractivity contribution in [2.45, 2.75) is 5.92 Å². The molecule has 4 heteroatoms. The third-order valence-electron chi connectivity index (χ3n) is 4.97. The zero-order valence-corrected chi connectivity index (χ0v) is 17.6. The van der Waals surface area contributed by atoms with Gasteiger partial charge in [0.1, 0.15) is 5.75 Å². The molecule has 2 N–H and O–H groups in total. The third kappa shape index (κ3) is 6.98. The van der Waals surface area contributed by atoms with Gasteiger partial charge in [0.2, 0.25) is 0 Å². The summed E-state index contributed by atoms with van der Waals surface area (Å²) >= 11 is 0. The second-order valence-corrected chi connectivity index (χ2v) is 7.14. The summed E-state index contributed by atoms with van der Waals surface area (Å²) in [4.78, 5) is 10.9. The average Bonchev–Trinajstić information content (AvgIpc) is 2.81. The maximum Gasteiger partial charge on any atom is 0.328 e. The maximum absolute atomic E-state index is 10.9. The predicted octanol–water partition coefficient (Wildman–Crippen LogP) is 5.23. The molecule has 0 heterocycles. The van der Waals surface area contributed by atoms with Gasteiger partial charge in [-0.1, -0.05) is 78.9 Å². The molecule has 0 aliphatic carbocycles. The predicted molar refractivity (Wildman–Crippen MR) is 126 cm³/mol. The topological polar surface area (TPSA) is 58.6 Å². The number of hydrogen-bond acceptors (Lipinski definition) is 3. The number of carboxylic acid groups (broad SMARTS) is 1. The van der Waals surface area contributed by atoms with Crippen molar-refractivity contribution in [3.05, 3.63) is 113 Å². The highest BCUT2D eigenvalue weighted by Gasteiger charge is 2.14. The molecular weight excluding hydrogens is 386 g/mol. The Kier molecular flexibility index (Phi) is 8.21. The van der Waals surface area contributed by atoms with E-state index in [9.17, 15) is 4.79 Å². The summed E-state index contributed by atoms with van der Waals surface area (Å²) in [6, 6.07) is 26.3. The lowest BCUT2D eigenvalue weighted by Crippen LogP contribution is -2.22. The lowest BCUT2D eigenvalue weighted by atomic mass is 9.90. The van der Waals surface area contributed by atoms with Crippen LogP contribution in [0.3, 0.4) is 0 Å². The van der Waals surface area contributed by atoms with Crippen molar-refractivity contribution in [1.29, 1.82) is 0 Å². The maximum atomic E-state index is 10.9. The van der Waals surface area contributed by atoms with Gasteiger partial charge in [-0.25, -0.2) is 4.79 Å². The zero-order valence-electron chi connectivity index (χ0n) is 17.6. The Morgan fingerprint density at radius 1 is 0.935 bits per heavy atom. The minimum Gasteiger partial charge on any atom is -0.497 e. The average molecular weight is 414 g/mol. The van der Waals surface area contributed by atoms with Crippen LogP contribution in [0.15, 0.2) is 91.0 Å². The second kappa shape index (κ2) is 11.5. The first-order chi connectivity index (χ1) is 15.2. The fraction of sp³-hybridized carbons (Fsp3) is 0.148. The normalized spacial score (nSPS) is 12.3. The molecule has 0 saturated heterocycles. The van der Waals surface area contributed by atoms with Crippen LogP contribution in [0.25, 0.3) is 12.2 Å². The van der Waals surface area contributed by atoms with Crippen molar-refractivity contribution in [3.8, 4) is 5.75 Å². The van der Waals surface area contributed by atoms with E-state index in [1.54, 1.807) is 13.2 Å². The molecule has 3 aromatic rings. The molecule has 158 valence electrons. The summed E-state index contributed by atoms with van der Waals surface area (Å²) in [6.45, 7) is 1.50. The Hall–Kier alpha value is -3.63. The molecule has 0 saturated carbocycles. The third-order valence-corrected chi connectivity index (χ3v) is 4.97. The van der Waals surface area contributed by atoms with Crippen molar-refractivity contribution < 1.29 is 14.6 Å². The molecule has 0 amide bonds. The summed E-state index contributed by atoms with van der Waals surface area (Å²) in [6.07, 6.45) is 7.00. The fourth-order valence-corrected chi connectivity index (χ4v) is 3.38. The van der Waals surface area contributed by atoms with E-state index in [4.69, 9.17) is 9.84 Å². The molecule has 1 unspecified atom stereocenters. The number of carbonyl (C=O) groups is 1. The molecule has 1 atom stereocenters. The van der Waals surface area contributed by atoms with Crippen LogP contribution >= 0.6 is 0 Å². The van der Waals surface area contributed by atoms with Gasteiger partial charge < -0.3 is 15.2 Å². The van der Waals surface area contributed by atoms with Crippen LogP contribution in [0, 0.1) is 0 Å². The Labute approximate surface area is 183 Å². The van der Waals surface area contributed by atoms with Crippen molar-refractivity contribution in [2.75, 3.05) is 20.2 Å². The molecule has 0 aliphatic heterocycles. The van der Waals surface area contributed by atoms with Gasteiger partial charge in [0.15, 0.2) is 0 Å². The zero-order chi connectivity index (χ0) is 21.9. The highest BCUT2D eigenvalue weighted by Crippen LogP contribution is 2.27. The van der Waals surface area contributed by atoms with E-state index in [0.29, 0.717) is 0 Å². The van der Waals surface area contributed by atoms with Gasteiger partial charge in [-0.2, -0.15) is 0 Å². The van der Waals surface area contributed by atoms with E-state index in [0.717, 1.165) is 36.0 Å². The van der Waals surface area contributed by atoms with Gasteiger partial charge in [0.05, 0.1) is 7.11 Å². The lowest BCUT2D eigenvalue weighted by Gasteiger charge is -2.19. The molecule has 4 nitrogen and oxygen atoms in total. The fourth-order valence-electron chi connectivity index (χ4n) is 3.38. The SMILES string of the molecule is COc1ccc(C(CNCC=Cc2ccccc2)c2cccc(C=CC(=O)O)c2)cc1. The van der Waals surface area contributed by atoms with E-state index in [2.05, 4.69) is 47.8 Å². The quantitative estimate of drug-likeness (QED) is 0.353. The van der Waals surface area contributed by atoms with E-state index in [1.165, 1.54) is 11.1 Å². The first-order valence-corrected chi connectivity index (χ1v) is 10.2. The van der Waals surface area contributed by atoms with Crippen LogP contribution in [0.5, 0.6) is 5.75 Å². The molecular formula is C27H27NO3. The van der Waals surface area contributed by atoms with E-state index in [1.807, 2.05) is 48.5 Å². The van der Waals surface area contributed by atoms with Gasteiger partial charge in [-0.3, -0.25) is 0 Å². The van der Waals surface area contributed by atoms with Gasteiger partial charge in [-0.15, -0.1) is 0 Å². The molecule has 3 aromatic carbocycles. The minimum absolute atomic E-state index is 0.120. The molecule has 0 radical (unpaired) electrons. The van der Waals surface area contributed by atoms with E-state index in [-0.39, 0.29) is 5.92 Å². The molecule has 0 fully saturated rings. The number of rotatable bonds is 10. The Morgan fingerprint density at radius 2 is 1.68 bits per heavy atom. The van der Waals surface area contributed by atoms with Gasteiger partial charge in [0, 0.05) is 25.1 Å². The van der Waals surface area contributed by atoms with Crippen LogP contribution < -0.4 is 10.1 Å². The van der Waals surface area contributed by atoms with Crippen molar-refractivity contribution >= 4 is 18.1 Å². The first kappa shape index (κ1) is 22.1. The second-order valence-electron chi connectivity index (χ2n) is 7.14. The molecule has 0 aliphatic rings. The molecule has 31 heavy (non-hydrogen) atoms. The van der Waals surface area contributed by atoms with Gasteiger partial charge in [0.25, 0.3) is 0 Å².